The Morgan fingerprint density at radius 2 is 1.76 bits per heavy atom. The highest BCUT2D eigenvalue weighted by molar-refractivity contribution is 5.79. The first kappa shape index (κ1) is 20.6. The maximum Gasteiger partial charge on any atom is 0.305 e. The molecule has 140 valence electrons. The van der Waals surface area contributed by atoms with Gasteiger partial charge in [-0.2, -0.15) is 0 Å². The third-order valence-electron chi connectivity index (χ3n) is 3.71. The van der Waals surface area contributed by atoms with Gasteiger partial charge >= 0.3 is 5.97 Å². The molecule has 0 aliphatic rings. The zero-order valence-electron chi connectivity index (χ0n) is 15.6. The monoisotopic (exact) mass is 351 g/mol. The van der Waals surface area contributed by atoms with Crippen LogP contribution in [0.25, 0.3) is 0 Å². The van der Waals surface area contributed by atoms with Crippen LogP contribution in [0.1, 0.15) is 24.8 Å². The van der Waals surface area contributed by atoms with Gasteiger partial charge in [0.25, 0.3) is 0 Å². The fraction of sp³-hybridized carbons (Fsp3) is 0.556. The highest BCUT2D eigenvalue weighted by Gasteiger charge is 2.05. The topological polar surface area (TPSA) is 81.2 Å². The number of benzene rings is 1. The molecule has 7 heteroatoms. The molecular formula is C18H29N3O4. The molecule has 0 heterocycles. The molecule has 0 aliphatic heterocycles. The normalized spacial score (nSPS) is 11.0. The number of unbranched alkanes of at least 4 members (excludes halogenated alkanes) is 1. The van der Waals surface area contributed by atoms with Crippen LogP contribution in [-0.4, -0.2) is 53.4 Å². The summed E-state index contributed by atoms with van der Waals surface area (Å²) < 4.78 is 15.2. The Morgan fingerprint density at radius 1 is 1.04 bits per heavy atom. The van der Waals surface area contributed by atoms with Gasteiger partial charge in [-0.3, -0.25) is 9.79 Å². The van der Waals surface area contributed by atoms with E-state index in [4.69, 9.17) is 9.47 Å². The number of nitrogens with zero attached hydrogens (tertiary/aromatic N) is 1. The van der Waals surface area contributed by atoms with Crippen molar-refractivity contribution < 1.29 is 19.0 Å². The number of carbonyl (C=O) groups excluding carboxylic acids is 1. The van der Waals surface area contributed by atoms with Crippen LogP contribution in [0.5, 0.6) is 11.5 Å². The summed E-state index contributed by atoms with van der Waals surface area (Å²) in [5.74, 6) is 2.03. The van der Waals surface area contributed by atoms with E-state index in [-0.39, 0.29) is 5.97 Å². The second kappa shape index (κ2) is 12.0. The van der Waals surface area contributed by atoms with Crippen LogP contribution in [0.4, 0.5) is 0 Å². The first-order valence-electron chi connectivity index (χ1n) is 8.36. The molecule has 0 unspecified atom stereocenters. The number of rotatable bonds is 10. The lowest BCUT2D eigenvalue weighted by Gasteiger charge is -2.13. The molecule has 0 amide bonds. The summed E-state index contributed by atoms with van der Waals surface area (Å²) in [6.45, 7) is 1.50. The van der Waals surface area contributed by atoms with E-state index < -0.39 is 0 Å². The Labute approximate surface area is 149 Å². The van der Waals surface area contributed by atoms with Crippen LogP contribution in [0.3, 0.4) is 0 Å². The van der Waals surface area contributed by atoms with Gasteiger partial charge in [-0.1, -0.05) is 6.07 Å². The van der Waals surface area contributed by atoms with Gasteiger partial charge in [0.2, 0.25) is 0 Å². The number of guanidine groups is 1. The molecule has 0 bridgehead atoms. The number of methoxy groups -OCH3 is 3. The third kappa shape index (κ3) is 7.78. The van der Waals surface area contributed by atoms with Crippen LogP contribution in [0.2, 0.25) is 0 Å². The zero-order chi connectivity index (χ0) is 18.5. The molecule has 0 spiro atoms. The molecule has 25 heavy (non-hydrogen) atoms. The van der Waals surface area contributed by atoms with Gasteiger partial charge in [0, 0.05) is 26.6 Å². The van der Waals surface area contributed by atoms with E-state index in [1.807, 2.05) is 18.2 Å². The van der Waals surface area contributed by atoms with E-state index in [9.17, 15) is 4.79 Å². The molecule has 0 fully saturated rings. The van der Waals surface area contributed by atoms with Gasteiger partial charge in [0.1, 0.15) is 0 Å². The summed E-state index contributed by atoms with van der Waals surface area (Å²) in [5, 5.41) is 6.50. The molecule has 0 radical (unpaired) electrons. The Balaban J connectivity index is 2.30. The number of carbonyl (C=O) groups is 1. The Bertz CT molecular complexity index is 561. The summed E-state index contributed by atoms with van der Waals surface area (Å²) in [6, 6.07) is 5.90. The molecule has 0 aliphatic carbocycles. The van der Waals surface area contributed by atoms with E-state index >= 15 is 0 Å². The van der Waals surface area contributed by atoms with Crippen molar-refractivity contribution >= 4 is 11.9 Å². The van der Waals surface area contributed by atoms with Gasteiger partial charge in [-0.05, 0) is 37.0 Å². The van der Waals surface area contributed by atoms with Crippen molar-refractivity contribution in [3.05, 3.63) is 23.8 Å². The van der Waals surface area contributed by atoms with Crippen molar-refractivity contribution in [2.24, 2.45) is 4.99 Å². The van der Waals surface area contributed by atoms with Crippen molar-refractivity contribution in [3.63, 3.8) is 0 Å². The molecular weight excluding hydrogens is 322 g/mol. The number of nitrogens with one attached hydrogen (secondary N) is 2. The number of ether oxygens (including phenoxy) is 3. The van der Waals surface area contributed by atoms with E-state index in [0.29, 0.717) is 6.42 Å². The summed E-state index contributed by atoms with van der Waals surface area (Å²) >= 11 is 0. The minimum Gasteiger partial charge on any atom is -0.493 e. The predicted octanol–water partition coefficient (Wildman–Crippen LogP) is 1.75. The molecule has 0 saturated heterocycles. The quantitative estimate of drug-likeness (QED) is 0.289. The third-order valence-corrected chi connectivity index (χ3v) is 3.71. The van der Waals surface area contributed by atoms with E-state index in [1.54, 1.807) is 21.3 Å². The van der Waals surface area contributed by atoms with Gasteiger partial charge in [-0.15, -0.1) is 0 Å². The molecule has 7 nitrogen and oxygen atoms in total. The average molecular weight is 351 g/mol. The average Bonchev–Trinajstić information content (AvgIpc) is 2.65. The van der Waals surface area contributed by atoms with Crippen LogP contribution < -0.4 is 20.1 Å². The molecule has 2 N–H and O–H groups in total. The highest BCUT2D eigenvalue weighted by atomic mass is 16.5. The van der Waals surface area contributed by atoms with E-state index in [2.05, 4.69) is 20.4 Å². The number of hydrogen-bond donors (Lipinski definition) is 2. The summed E-state index contributed by atoms with van der Waals surface area (Å²) in [7, 11) is 6.40. The fourth-order valence-electron chi connectivity index (χ4n) is 2.29. The fourth-order valence-corrected chi connectivity index (χ4v) is 2.29. The minimum atomic E-state index is -0.169. The first-order chi connectivity index (χ1) is 12.1. The number of aliphatic imine (C=N–C) groups is 1. The summed E-state index contributed by atoms with van der Waals surface area (Å²) in [6.07, 6.45) is 2.96. The van der Waals surface area contributed by atoms with Gasteiger partial charge in [0.15, 0.2) is 17.5 Å². The summed E-state index contributed by atoms with van der Waals surface area (Å²) in [4.78, 5) is 15.2. The Kier molecular flexibility index (Phi) is 9.89. The Hall–Kier alpha value is -2.44. The largest absolute Gasteiger partial charge is 0.493 e. The smallest absolute Gasteiger partial charge is 0.305 e. The maximum absolute atomic E-state index is 11.0. The first-order valence-corrected chi connectivity index (χ1v) is 8.36. The molecule has 0 atom stereocenters. The maximum atomic E-state index is 11.0. The second-order valence-corrected chi connectivity index (χ2v) is 5.40. The van der Waals surface area contributed by atoms with Gasteiger partial charge in [-0.25, -0.2) is 0 Å². The zero-order valence-corrected chi connectivity index (χ0v) is 15.6. The highest BCUT2D eigenvalue weighted by Crippen LogP contribution is 2.27. The molecule has 0 aromatic heterocycles. The number of hydrogen-bond acceptors (Lipinski definition) is 5. The second-order valence-electron chi connectivity index (χ2n) is 5.40. The van der Waals surface area contributed by atoms with Gasteiger partial charge < -0.3 is 24.8 Å². The van der Waals surface area contributed by atoms with Crippen LogP contribution >= 0.6 is 0 Å². The van der Waals surface area contributed by atoms with Gasteiger partial charge in [0.05, 0.1) is 21.3 Å². The lowest BCUT2D eigenvalue weighted by molar-refractivity contribution is -0.140. The predicted molar refractivity (Wildman–Crippen MR) is 98.5 cm³/mol. The summed E-state index contributed by atoms with van der Waals surface area (Å²) in [5.41, 5.74) is 1.15. The minimum absolute atomic E-state index is 0.169. The van der Waals surface area contributed by atoms with Crippen molar-refractivity contribution in [2.75, 3.05) is 41.5 Å². The van der Waals surface area contributed by atoms with E-state index in [1.165, 1.54) is 7.11 Å². The van der Waals surface area contributed by atoms with Crippen molar-refractivity contribution in [1.82, 2.24) is 10.6 Å². The van der Waals surface area contributed by atoms with Crippen molar-refractivity contribution in [2.45, 2.75) is 25.7 Å². The number of esters is 1. The van der Waals surface area contributed by atoms with Crippen molar-refractivity contribution in [3.8, 4) is 11.5 Å². The SMILES string of the molecule is CN=C(NCCCCC(=O)OC)NCCc1ccc(OC)c(OC)c1. The molecule has 1 aromatic carbocycles. The standard InChI is InChI=1S/C18H29N3O4/c1-19-18(20-11-6-5-7-17(22)25-4)21-12-10-14-8-9-15(23-2)16(13-14)24-3/h8-9,13H,5-7,10-12H2,1-4H3,(H2,19,20,21). The van der Waals surface area contributed by atoms with Crippen LogP contribution in [0, 0.1) is 0 Å². The molecule has 1 aromatic rings. The lowest BCUT2D eigenvalue weighted by Crippen LogP contribution is -2.38. The van der Waals surface area contributed by atoms with E-state index in [0.717, 1.165) is 55.4 Å². The van der Waals surface area contributed by atoms with Crippen LogP contribution in [-0.2, 0) is 16.0 Å². The molecule has 1 rings (SSSR count). The lowest BCUT2D eigenvalue weighted by atomic mass is 10.1. The van der Waals surface area contributed by atoms with Crippen LogP contribution in [0.15, 0.2) is 23.2 Å². The van der Waals surface area contributed by atoms with Crippen molar-refractivity contribution in [1.29, 1.82) is 0 Å². The molecule has 0 saturated carbocycles. The Morgan fingerprint density at radius 3 is 2.40 bits per heavy atom.